The second-order valence-electron chi connectivity index (χ2n) is 7.49. The highest BCUT2D eigenvalue weighted by molar-refractivity contribution is 6.20. The molecule has 1 aromatic heterocycles. The number of amides is 1. The molecule has 1 amide bonds. The Labute approximate surface area is 173 Å². The zero-order valence-corrected chi connectivity index (χ0v) is 16.6. The summed E-state index contributed by atoms with van der Waals surface area (Å²) in [6, 6.07) is 15.8. The van der Waals surface area contributed by atoms with E-state index < -0.39 is 23.5 Å². The van der Waals surface area contributed by atoms with Crippen molar-refractivity contribution in [3.63, 3.8) is 0 Å². The van der Waals surface area contributed by atoms with E-state index in [2.05, 4.69) is 13.8 Å². The molecule has 6 nitrogen and oxygen atoms in total. The molecule has 1 atom stereocenters. The SMILES string of the molecule is CC(C)c1ccc(N2C(=O)C(O)=C(C(=O)c3ccco3)C2c2cccc(O)c2)cc1. The van der Waals surface area contributed by atoms with Crippen molar-refractivity contribution in [2.75, 3.05) is 4.90 Å². The monoisotopic (exact) mass is 403 g/mol. The lowest BCUT2D eigenvalue weighted by molar-refractivity contribution is -0.117. The number of aliphatic hydroxyl groups is 1. The average Bonchev–Trinajstić information content (AvgIpc) is 3.35. The minimum absolute atomic E-state index is 0.00811. The smallest absolute Gasteiger partial charge is 0.294 e. The zero-order valence-electron chi connectivity index (χ0n) is 16.6. The molecule has 6 heteroatoms. The number of Topliss-reactive ketones (excluding diaryl/α,β-unsaturated/α-hetero) is 1. The van der Waals surface area contributed by atoms with Crippen LogP contribution in [-0.4, -0.2) is 21.9 Å². The molecule has 2 heterocycles. The number of carbonyl (C=O) groups is 2. The molecular weight excluding hydrogens is 382 g/mol. The first-order chi connectivity index (χ1) is 14.4. The predicted molar refractivity (Wildman–Crippen MR) is 112 cm³/mol. The lowest BCUT2D eigenvalue weighted by Gasteiger charge is -2.27. The van der Waals surface area contributed by atoms with E-state index in [0.29, 0.717) is 17.2 Å². The summed E-state index contributed by atoms with van der Waals surface area (Å²) in [5.74, 6) is -1.57. The van der Waals surface area contributed by atoms with Gasteiger partial charge in [0.25, 0.3) is 5.91 Å². The van der Waals surface area contributed by atoms with E-state index in [1.807, 2.05) is 12.1 Å². The van der Waals surface area contributed by atoms with Gasteiger partial charge in [-0.25, -0.2) is 0 Å². The molecule has 0 spiro atoms. The summed E-state index contributed by atoms with van der Waals surface area (Å²) < 4.78 is 5.21. The van der Waals surface area contributed by atoms with Crippen molar-refractivity contribution in [2.45, 2.75) is 25.8 Å². The number of hydrogen-bond donors (Lipinski definition) is 2. The summed E-state index contributed by atoms with van der Waals surface area (Å²) in [5, 5.41) is 20.6. The summed E-state index contributed by atoms with van der Waals surface area (Å²) in [7, 11) is 0. The van der Waals surface area contributed by atoms with Crippen LogP contribution in [0.5, 0.6) is 5.75 Å². The Morgan fingerprint density at radius 3 is 2.37 bits per heavy atom. The van der Waals surface area contributed by atoms with Gasteiger partial charge in [0.15, 0.2) is 11.5 Å². The minimum Gasteiger partial charge on any atom is -0.508 e. The number of anilines is 1. The fourth-order valence-electron chi connectivity index (χ4n) is 3.67. The van der Waals surface area contributed by atoms with Gasteiger partial charge in [0, 0.05) is 5.69 Å². The molecule has 0 bridgehead atoms. The number of furan rings is 1. The molecule has 3 aromatic rings. The standard InChI is InChI=1S/C24H21NO5/c1-14(2)15-8-10-17(11-9-15)25-21(16-5-3-6-18(26)13-16)20(23(28)24(25)29)22(27)19-7-4-12-30-19/h3-14,21,26,28H,1-2H3. The topological polar surface area (TPSA) is 91.0 Å². The Kier molecular flexibility index (Phi) is 4.91. The van der Waals surface area contributed by atoms with E-state index >= 15 is 0 Å². The van der Waals surface area contributed by atoms with Crippen LogP contribution in [0.2, 0.25) is 0 Å². The number of benzene rings is 2. The lowest BCUT2D eigenvalue weighted by Crippen LogP contribution is -2.31. The molecule has 152 valence electrons. The Bertz CT molecular complexity index is 1130. The summed E-state index contributed by atoms with van der Waals surface area (Å²) in [4.78, 5) is 27.5. The Morgan fingerprint density at radius 1 is 1.03 bits per heavy atom. The van der Waals surface area contributed by atoms with Crippen molar-refractivity contribution in [2.24, 2.45) is 0 Å². The molecule has 0 radical (unpaired) electrons. The number of ketones is 1. The summed E-state index contributed by atoms with van der Waals surface area (Å²) in [6.45, 7) is 4.14. The van der Waals surface area contributed by atoms with E-state index in [4.69, 9.17) is 4.42 Å². The number of aliphatic hydroxyl groups excluding tert-OH is 1. The second kappa shape index (κ2) is 7.55. The van der Waals surface area contributed by atoms with Crippen LogP contribution in [0.15, 0.2) is 82.7 Å². The fraction of sp³-hybridized carbons (Fsp3) is 0.167. The third kappa shape index (κ3) is 3.26. The van der Waals surface area contributed by atoms with E-state index in [1.165, 1.54) is 29.4 Å². The van der Waals surface area contributed by atoms with Gasteiger partial charge in [-0.3, -0.25) is 14.5 Å². The number of rotatable bonds is 5. The number of phenolic OH excluding ortho intramolecular Hbond substituents is 1. The van der Waals surface area contributed by atoms with Gasteiger partial charge < -0.3 is 14.6 Å². The van der Waals surface area contributed by atoms with Crippen LogP contribution in [0.3, 0.4) is 0 Å². The van der Waals surface area contributed by atoms with Crippen molar-refractivity contribution >= 4 is 17.4 Å². The highest BCUT2D eigenvalue weighted by Gasteiger charge is 2.45. The van der Waals surface area contributed by atoms with Crippen molar-refractivity contribution in [3.8, 4) is 5.75 Å². The largest absolute Gasteiger partial charge is 0.508 e. The van der Waals surface area contributed by atoms with Gasteiger partial charge in [-0.05, 0) is 53.4 Å². The zero-order chi connectivity index (χ0) is 21.4. The molecule has 2 aromatic carbocycles. The van der Waals surface area contributed by atoms with Gasteiger partial charge in [0.2, 0.25) is 5.78 Å². The van der Waals surface area contributed by atoms with Gasteiger partial charge in [-0.2, -0.15) is 0 Å². The Hall–Kier alpha value is -3.80. The summed E-state index contributed by atoms with van der Waals surface area (Å²) in [6.07, 6.45) is 1.35. The van der Waals surface area contributed by atoms with Crippen LogP contribution in [0.4, 0.5) is 5.69 Å². The van der Waals surface area contributed by atoms with Gasteiger partial charge >= 0.3 is 0 Å². The number of nitrogens with zero attached hydrogens (tertiary/aromatic N) is 1. The molecule has 1 unspecified atom stereocenters. The molecule has 0 saturated heterocycles. The fourth-order valence-corrected chi connectivity index (χ4v) is 3.67. The Morgan fingerprint density at radius 2 is 1.77 bits per heavy atom. The number of phenols is 1. The van der Waals surface area contributed by atoms with Crippen LogP contribution in [0, 0.1) is 0 Å². The van der Waals surface area contributed by atoms with E-state index in [1.54, 1.807) is 30.3 Å². The predicted octanol–water partition coefficient (Wildman–Crippen LogP) is 4.89. The van der Waals surface area contributed by atoms with E-state index in [0.717, 1.165) is 5.56 Å². The first-order valence-electron chi connectivity index (χ1n) is 9.62. The highest BCUT2D eigenvalue weighted by Crippen LogP contribution is 2.42. The first kappa shape index (κ1) is 19.5. The number of hydrogen-bond acceptors (Lipinski definition) is 5. The van der Waals surface area contributed by atoms with Crippen molar-refractivity contribution in [3.05, 3.63) is 95.1 Å². The van der Waals surface area contributed by atoms with Crippen LogP contribution >= 0.6 is 0 Å². The molecule has 30 heavy (non-hydrogen) atoms. The normalized spacial score (nSPS) is 16.6. The van der Waals surface area contributed by atoms with Crippen molar-refractivity contribution < 1.29 is 24.2 Å². The number of carbonyl (C=O) groups excluding carboxylic acids is 2. The molecule has 0 saturated carbocycles. The maximum atomic E-state index is 13.1. The average molecular weight is 403 g/mol. The van der Waals surface area contributed by atoms with Crippen LogP contribution in [-0.2, 0) is 4.79 Å². The maximum absolute atomic E-state index is 13.1. The Balaban J connectivity index is 1.85. The lowest BCUT2D eigenvalue weighted by atomic mass is 9.94. The second-order valence-corrected chi connectivity index (χ2v) is 7.49. The summed E-state index contributed by atoms with van der Waals surface area (Å²) in [5.41, 5.74) is 2.04. The molecule has 1 aliphatic rings. The molecular formula is C24H21NO5. The molecule has 1 aliphatic heterocycles. The van der Waals surface area contributed by atoms with Crippen LogP contribution in [0.1, 0.15) is 47.5 Å². The van der Waals surface area contributed by atoms with Crippen LogP contribution in [0.25, 0.3) is 0 Å². The maximum Gasteiger partial charge on any atom is 0.294 e. The first-order valence-corrected chi connectivity index (χ1v) is 9.62. The van der Waals surface area contributed by atoms with Gasteiger partial charge in [-0.15, -0.1) is 0 Å². The van der Waals surface area contributed by atoms with Gasteiger partial charge in [0.05, 0.1) is 17.9 Å². The van der Waals surface area contributed by atoms with Crippen molar-refractivity contribution in [1.82, 2.24) is 0 Å². The van der Waals surface area contributed by atoms with E-state index in [9.17, 15) is 19.8 Å². The quantitative estimate of drug-likeness (QED) is 0.592. The molecule has 0 fully saturated rings. The van der Waals surface area contributed by atoms with Crippen LogP contribution < -0.4 is 4.90 Å². The van der Waals surface area contributed by atoms with Gasteiger partial charge in [-0.1, -0.05) is 38.1 Å². The third-order valence-corrected chi connectivity index (χ3v) is 5.22. The molecule has 4 rings (SSSR count). The van der Waals surface area contributed by atoms with Crippen molar-refractivity contribution in [1.29, 1.82) is 0 Å². The van der Waals surface area contributed by atoms with Gasteiger partial charge in [0.1, 0.15) is 5.75 Å². The highest BCUT2D eigenvalue weighted by atomic mass is 16.3. The molecule has 0 aliphatic carbocycles. The molecule has 2 N–H and O–H groups in total. The summed E-state index contributed by atoms with van der Waals surface area (Å²) >= 11 is 0. The van der Waals surface area contributed by atoms with E-state index in [-0.39, 0.29) is 17.1 Å². The third-order valence-electron chi connectivity index (χ3n) is 5.22. The minimum atomic E-state index is -0.910. The number of aromatic hydroxyl groups is 1.